The van der Waals surface area contributed by atoms with Gasteiger partial charge in [-0.1, -0.05) is 11.6 Å². The van der Waals surface area contributed by atoms with Crippen molar-refractivity contribution in [2.45, 2.75) is 6.42 Å². The molecular weight excluding hydrogens is 266 g/mol. The van der Waals surface area contributed by atoms with E-state index < -0.39 is 0 Å². The van der Waals surface area contributed by atoms with Crippen molar-refractivity contribution in [1.29, 1.82) is 0 Å². The summed E-state index contributed by atoms with van der Waals surface area (Å²) in [6.07, 6.45) is 0.757. The van der Waals surface area contributed by atoms with E-state index in [1.165, 1.54) is 0 Å². The van der Waals surface area contributed by atoms with E-state index in [4.69, 9.17) is 11.6 Å². The van der Waals surface area contributed by atoms with Gasteiger partial charge >= 0.3 is 0 Å². The summed E-state index contributed by atoms with van der Waals surface area (Å²) < 4.78 is 0. The second-order valence-electron chi connectivity index (χ2n) is 4.37. The van der Waals surface area contributed by atoms with E-state index in [1.807, 2.05) is 0 Å². The fourth-order valence-electron chi connectivity index (χ4n) is 2.06. The zero-order chi connectivity index (χ0) is 13.8. The highest BCUT2D eigenvalue weighted by molar-refractivity contribution is 6.31. The molecule has 1 aromatic rings. The number of carbonyl (C=O) groups excluding carboxylic acids is 2. The van der Waals surface area contributed by atoms with Crippen LogP contribution in [0.5, 0.6) is 0 Å². The molecule has 19 heavy (non-hydrogen) atoms. The molecule has 0 bridgehead atoms. The first-order chi connectivity index (χ1) is 9.11. The summed E-state index contributed by atoms with van der Waals surface area (Å²) in [7, 11) is 1.75. The highest BCUT2D eigenvalue weighted by atomic mass is 35.5. The van der Waals surface area contributed by atoms with Crippen molar-refractivity contribution >= 4 is 29.1 Å². The third-order valence-corrected chi connectivity index (χ3v) is 3.27. The van der Waals surface area contributed by atoms with Gasteiger partial charge in [0.1, 0.15) is 0 Å². The third-order valence-electron chi connectivity index (χ3n) is 3.03. The lowest BCUT2D eigenvalue weighted by atomic mass is 10.1. The average Bonchev–Trinajstić information content (AvgIpc) is 2.62. The molecule has 2 amide bonds. The van der Waals surface area contributed by atoms with Crippen LogP contribution in [-0.4, -0.2) is 43.4 Å². The number of carbonyl (C=O) groups is 2. The topological polar surface area (TPSA) is 61.4 Å². The van der Waals surface area contributed by atoms with E-state index >= 15 is 0 Å². The Bertz CT molecular complexity index is 505. The van der Waals surface area contributed by atoms with Crippen molar-refractivity contribution in [3.63, 3.8) is 0 Å². The highest BCUT2D eigenvalue weighted by Crippen LogP contribution is 2.22. The Kier molecular flexibility index (Phi) is 4.27. The summed E-state index contributed by atoms with van der Waals surface area (Å²) in [4.78, 5) is 25.5. The van der Waals surface area contributed by atoms with Gasteiger partial charge in [-0.15, -0.1) is 0 Å². The molecule has 0 aliphatic carbocycles. The molecule has 6 heteroatoms. The van der Waals surface area contributed by atoms with Gasteiger partial charge in [-0.3, -0.25) is 9.59 Å². The second kappa shape index (κ2) is 5.93. The number of nitrogens with zero attached hydrogens (tertiary/aromatic N) is 1. The van der Waals surface area contributed by atoms with Gasteiger partial charge in [-0.05, 0) is 24.6 Å². The lowest BCUT2D eigenvalue weighted by Gasteiger charge is -2.20. The summed E-state index contributed by atoms with van der Waals surface area (Å²) in [5.74, 6) is -0.303. The normalized spacial score (nSPS) is 15.7. The molecule has 2 N–H and O–H groups in total. The Morgan fingerprint density at radius 1 is 1.47 bits per heavy atom. The van der Waals surface area contributed by atoms with Crippen LogP contribution < -0.4 is 10.6 Å². The molecule has 0 aromatic heterocycles. The van der Waals surface area contributed by atoms with Crippen molar-refractivity contribution in [3.8, 4) is 0 Å². The molecule has 1 aromatic carbocycles. The fraction of sp³-hybridized carbons (Fsp3) is 0.385. The summed E-state index contributed by atoms with van der Waals surface area (Å²) >= 11 is 5.94. The molecule has 0 radical (unpaired) electrons. The van der Waals surface area contributed by atoms with E-state index in [0.717, 1.165) is 6.42 Å². The SMILES string of the molecule is CNc1ccc(Cl)cc1C(=O)N1CCCNC(=O)C1. The van der Waals surface area contributed by atoms with Crippen molar-refractivity contribution in [2.24, 2.45) is 0 Å². The first-order valence-electron chi connectivity index (χ1n) is 6.15. The van der Waals surface area contributed by atoms with Crippen LogP contribution in [0.1, 0.15) is 16.8 Å². The van der Waals surface area contributed by atoms with Gasteiger partial charge in [-0.2, -0.15) is 0 Å². The van der Waals surface area contributed by atoms with Crippen molar-refractivity contribution in [3.05, 3.63) is 28.8 Å². The van der Waals surface area contributed by atoms with Crippen LogP contribution >= 0.6 is 11.6 Å². The standard InChI is InChI=1S/C13H16ClN3O2/c1-15-11-4-3-9(14)7-10(11)13(19)17-6-2-5-16-12(18)8-17/h3-4,7,15H,2,5-6,8H2,1H3,(H,16,18). The molecule has 102 valence electrons. The quantitative estimate of drug-likeness (QED) is 0.860. The summed E-state index contributed by atoms with van der Waals surface area (Å²) in [6.45, 7) is 1.26. The van der Waals surface area contributed by atoms with Crippen LogP contribution in [-0.2, 0) is 4.79 Å². The number of halogens is 1. The van der Waals surface area contributed by atoms with E-state index in [-0.39, 0.29) is 18.4 Å². The number of hydrogen-bond acceptors (Lipinski definition) is 3. The molecule has 1 fully saturated rings. The van der Waals surface area contributed by atoms with Gasteiger partial charge in [0, 0.05) is 30.8 Å². The average molecular weight is 282 g/mol. The van der Waals surface area contributed by atoms with E-state index in [2.05, 4.69) is 10.6 Å². The predicted octanol–water partition coefficient (Wildman–Crippen LogP) is 1.34. The lowest BCUT2D eigenvalue weighted by molar-refractivity contribution is -0.121. The number of amides is 2. The molecule has 1 saturated heterocycles. The zero-order valence-corrected chi connectivity index (χ0v) is 11.5. The molecule has 1 aliphatic heterocycles. The Morgan fingerprint density at radius 2 is 2.26 bits per heavy atom. The van der Waals surface area contributed by atoms with Crippen molar-refractivity contribution in [2.75, 3.05) is 32.0 Å². The molecule has 0 atom stereocenters. The summed E-state index contributed by atoms with van der Waals surface area (Å²) in [5, 5.41) is 6.21. The van der Waals surface area contributed by atoms with Crippen molar-refractivity contribution in [1.82, 2.24) is 10.2 Å². The lowest BCUT2D eigenvalue weighted by Crippen LogP contribution is -2.37. The third kappa shape index (κ3) is 3.17. The van der Waals surface area contributed by atoms with Gasteiger partial charge in [0.05, 0.1) is 12.1 Å². The predicted molar refractivity (Wildman–Crippen MR) is 74.5 cm³/mol. The van der Waals surface area contributed by atoms with Crippen LogP contribution in [0, 0.1) is 0 Å². The number of nitrogens with one attached hydrogen (secondary N) is 2. The number of hydrogen-bond donors (Lipinski definition) is 2. The van der Waals surface area contributed by atoms with Gasteiger partial charge in [0.2, 0.25) is 5.91 Å². The molecule has 0 saturated carbocycles. The van der Waals surface area contributed by atoms with E-state index in [0.29, 0.717) is 29.4 Å². The maximum Gasteiger partial charge on any atom is 0.256 e. The van der Waals surface area contributed by atoms with Crippen LogP contribution in [0.3, 0.4) is 0 Å². The maximum absolute atomic E-state index is 12.5. The number of anilines is 1. The van der Waals surface area contributed by atoms with Crippen molar-refractivity contribution < 1.29 is 9.59 Å². The zero-order valence-electron chi connectivity index (χ0n) is 10.7. The Labute approximate surface area is 116 Å². The first-order valence-corrected chi connectivity index (χ1v) is 6.53. The molecule has 1 aliphatic rings. The number of benzene rings is 1. The minimum Gasteiger partial charge on any atom is -0.387 e. The van der Waals surface area contributed by atoms with Crippen LogP contribution in [0.15, 0.2) is 18.2 Å². The first kappa shape index (κ1) is 13.7. The van der Waals surface area contributed by atoms with E-state index in [1.54, 1.807) is 30.1 Å². The van der Waals surface area contributed by atoms with E-state index in [9.17, 15) is 9.59 Å². The molecular formula is C13H16ClN3O2. The Balaban J connectivity index is 2.27. The van der Waals surface area contributed by atoms with Gasteiger partial charge in [0.25, 0.3) is 5.91 Å². The molecule has 2 rings (SSSR count). The van der Waals surface area contributed by atoms with Gasteiger partial charge < -0.3 is 15.5 Å². The monoisotopic (exact) mass is 281 g/mol. The Morgan fingerprint density at radius 3 is 3.00 bits per heavy atom. The maximum atomic E-state index is 12.5. The van der Waals surface area contributed by atoms with Crippen LogP contribution in [0.4, 0.5) is 5.69 Å². The Hall–Kier alpha value is -1.75. The van der Waals surface area contributed by atoms with Gasteiger partial charge in [0.15, 0.2) is 0 Å². The minimum absolute atomic E-state index is 0.0918. The fourth-order valence-corrected chi connectivity index (χ4v) is 2.23. The van der Waals surface area contributed by atoms with Gasteiger partial charge in [-0.25, -0.2) is 0 Å². The summed E-state index contributed by atoms with van der Waals surface area (Å²) in [5.41, 5.74) is 1.20. The van der Waals surface area contributed by atoms with Crippen LogP contribution in [0.25, 0.3) is 0 Å². The largest absolute Gasteiger partial charge is 0.387 e. The molecule has 5 nitrogen and oxygen atoms in total. The molecule has 0 spiro atoms. The molecule has 1 heterocycles. The summed E-state index contributed by atoms with van der Waals surface area (Å²) in [6, 6.07) is 5.10. The minimum atomic E-state index is -0.177. The van der Waals surface area contributed by atoms with Crippen LogP contribution in [0.2, 0.25) is 5.02 Å². The molecule has 0 unspecified atom stereocenters. The second-order valence-corrected chi connectivity index (χ2v) is 4.81. The number of rotatable bonds is 2. The highest BCUT2D eigenvalue weighted by Gasteiger charge is 2.22. The smallest absolute Gasteiger partial charge is 0.256 e.